The molecule has 6 heteroatoms. The van der Waals surface area contributed by atoms with Gasteiger partial charge in [-0.25, -0.2) is 9.78 Å². The lowest BCUT2D eigenvalue weighted by atomic mass is 10.2. The van der Waals surface area contributed by atoms with Crippen LogP contribution in [0, 0.1) is 11.3 Å². The summed E-state index contributed by atoms with van der Waals surface area (Å²) in [4.78, 5) is 15.6. The van der Waals surface area contributed by atoms with E-state index < -0.39 is 5.97 Å². The predicted octanol–water partition coefficient (Wildman–Crippen LogP) is 3.59. The van der Waals surface area contributed by atoms with Crippen molar-refractivity contribution in [3.63, 3.8) is 0 Å². The van der Waals surface area contributed by atoms with Crippen LogP contribution in [0.25, 0.3) is 6.08 Å². The number of pyridine rings is 1. The number of aromatic nitrogens is 1. The van der Waals surface area contributed by atoms with Gasteiger partial charge in [-0.15, -0.1) is 0 Å². The summed E-state index contributed by atoms with van der Waals surface area (Å²) in [6.07, 6.45) is 1.98. The highest BCUT2D eigenvalue weighted by Crippen LogP contribution is 2.17. The van der Waals surface area contributed by atoms with Crippen molar-refractivity contribution in [3.05, 3.63) is 62.9 Å². The Balaban J connectivity index is 2.12. The molecule has 5 nitrogen and oxygen atoms in total. The number of halogens is 1. The van der Waals surface area contributed by atoms with Crippen molar-refractivity contribution in [2.45, 2.75) is 0 Å². The van der Waals surface area contributed by atoms with Crippen LogP contribution in [0.3, 0.4) is 0 Å². The molecule has 0 unspecified atom stereocenters. The SMILES string of the molecule is COC(=O)c1cc(C#N)nc(OC/C(I)=C/c2ccccc2)c1. The van der Waals surface area contributed by atoms with E-state index >= 15 is 0 Å². The van der Waals surface area contributed by atoms with Crippen molar-refractivity contribution < 1.29 is 14.3 Å². The summed E-state index contributed by atoms with van der Waals surface area (Å²) in [7, 11) is 1.28. The molecule has 23 heavy (non-hydrogen) atoms. The first-order valence-corrected chi connectivity index (χ1v) is 7.74. The number of methoxy groups -OCH3 is 1. The Morgan fingerprint density at radius 2 is 2.09 bits per heavy atom. The summed E-state index contributed by atoms with van der Waals surface area (Å²) in [5.41, 5.74) is 1.40. The molecule has 0 atom stereocenters. The number of esters is 1. The minimum atomic E-state index is -0.539. The normalized spacial score (nSPS) is 10.7. The molecule has 0 bridgehead atoms. The highest BCUT2D eigenvalue weighted by molar-refractivity contribution is 14.1. The van der Waals surface area contributed by atoms with Gasteiger partial charge in [0, 0.05) is 9.65 Å². The highest BCUT2D eigenvalue weighted by Gasteiger charge is 2.11. The quantitative estimate of drug-likeness (QED) is 0.546. The average molecular weight is 420 g/mol. The maximum atomic E-state index is 11.6. The van der Waals surface area contributed by atoms with Crippen molar-refractivity contribution in [3.8, 4) is 11.9 Å². The first-order chi connectivity index (χ1) is 11.1. The van der Waals surface area contributed by atoms with E-state index in [9.17, 15) is 4.79 Å². The Kier molecular flexibility index (Phi) is 6.11. The number of nitriles is 1. The van der Waals surface area contributed by atoms with Gasteiger partial charge in [0.15, 0.2) is 0 Å². The molecule has 116 valence electrons. The largest absolute Gasteiger partial charge is 0.472 e. The van der Waals surface area contributed by atoms with E-state index in [1.165, 1.54) is 19.2 Å². The summed E-state index contributed by atoms with van der Waals surface area (Å²) in [6, 6.07) is 14.6. The van der Waals surface area contributed by atoms with E-state index in [-0.39, 0.29) is 23.7 Å². The van der Waals surface area contributed by atoms with E-state index in [4.69, 9.17) is 10.00 Å². The third-order valence-electron chi connectivity index (χ3n) is 2.82. The van der Waals surface area contributed by atoms with Gasteiger partial charge in [0.2, 0.25) is 5.88 Å². The van der Waals surface area contributed by atoms with Crippen LogP contribution in [0.1, 0.15) is 21.6 Å². The van der Waals surface area contributed by atoms with Crippen LogP contribution in [0.5, 0.6) is 5.88 Å². The van der Waals surface area contributed by atoms with E-state index in [0.717, 1.165) is 9.14 Å². The Morgan fingerprint density at radius 3 is 2.74 bits per heavy atom. The summed E-state index contributed by atoms with van der Waals surface area (Å²) in [5.74, 6) is -0.330. The highest BCUT2D eigenvalue weighted by atomic mass is 127. The number of hydrogen-bond donors (Lipinski definition) is 0. The van der Waals surface area contributed by atoms with Gasteiger partial charge in [-0.3, -0.25) is 0 Å². The Morgan fingerprint density at radius 1 is 1.35 bits per heavy atom. The average Bonchev–Trinajstić information content (AvgIpc) is 2.59. The molecule has 0 saturated heterocycles. The lowest BCUT2D eigenvalue weighted by Crippen LogP contribution is -2.05. The van der Waals surface area contributed by atoms with Gasteiger partial charge in [0.25, 0.3) is 0 Å². The standard InChI is InChI=1S/C17H13IN2O3/c1-22-17(21)13-8-15(10-19)20-16(9-13)23-11-14(18)7-12-5-3-2-4-6-12/h2-9H,11H2,1H3/b14-7-. The molecule has 1 aromatic carbocycles. The predicted molar refractivity (Wildman–Crippen MR) is 94.2 cm³/mol. The molecule has 2 rings (SSSR count). The zero-order chi connectivity index (χ0) is 16.7. The van der Waals surface area contributed by atoms with Crippen LogP contribution >= 0.6 is 22.6 Å². The van der Waals surface area contributed by atoms with Crippen molar-refractivity contribution >= 4 is 34.6 Å². The number of rotatable bonds is 5. The number of ether oxygens (including phenoxy) is 2. The monoisotopic (exact) mass is 420 g/mol. The fourth-order valence-electron chi connectivity index (χ4n) is 1.79. The van der Waals surface area contributed by atoms with Gasteiger partial charge in [-0.2, -0.15) is 5.26 Å². The molecule has 0 amide bonds. The summed E-state index contributed by atoms with van der Waals surface area (Å²) < 4.78 is 11.2. The third kappa shape index (κ3) is 5.07. The number of carbonyl (C=O) groups is 1. The van der Waals surface area contributed by atoms with E-state index in [1.54, 1.807) is 0 Å². The molecule has 0 radical (unpaired) electrons. The van der Waals surface area contributed by atoms with Crippen molar-refractivity contribution in [1.82, 2.24) is 4.98 Å². The maximum Gasteiger partial charge on any atom is 0.338 e. The smallest absolute Gasteiger partial charge is 0.338 e. The summed E-state index contributed by atoms with van der Waals surface area (Å²) in [6.45, 7) is 0.290. The van der Waals surface area contributed by atoms with Crippen LogP contribution in [0.4, 0.5) is 0 Å². The van der Waals surface area contributed by atoms with Gasteiger partial charge in [0.1, 0.15) is 18.4 Å². The van der Waals surface area contributed by atoms with Crippen molar-refractivity contribution in [2.24, 2.45) is 0 Å². The Hall–Kier alpha value is -2.40. The zero-order valence-electron chi connectivity index (χ0n) is 12.3. The topological polar surface area (TPSA) is 72.2 Å². The molecule has 1 heterocycles. The van der Waals surface area contributed by atoms with Gasteiger partial charge in [-0.1, -0.05) is 30.3 Å². The summed E-state index contributed by atoms with van der Waals surface area (Å²) in [5, 5.41) is 8.98. The lowest BCUT2D eigenvalue weighted by molar-refractivity contribution is 0.0600. The zero-order valence-corrected chi connectivity index (χ0v) is 14.5. The maximum absolute atomic E-state index is 11.6. The van der Waals surface area contributed by atoms with E-state index in [0.29, 0.717) is 0 Å². The van der Waals surface area contributed by atoms with Crippen LogP contribution in [0.15, 0.2) is 46.0 Å². The summed E-state index contributed by atoms with van der Waals surface area (Å²) >= 11 is 2.17. The second kappa shape index (κ2) is 8.29. The Bertz CT molecular complexity index is 767. The van der Waals surface area contributed by atoms with Crippen molar-refractivity contribution in [2.75, 3.05) is 13.7 Å². The van der Waals surface area contributed by atoms with Crippen LogP contribution in [-0.2, 0) is 4.74 Å². The van der Waals surface area contributed by atoms with E-state index in [1.807, 2.05) is 42.5 Å². The molecule has 0 fully saturated rings. The second-order valence-electron chi connectivity index (χ2n) is 4.47. The van der Waals surface area contributed by atoms with Crippen molar-refractivity contribution in [1.29, 1.82) is 5.26 Å². The number of carbonyl (C=O) groups excluding carboxylic acids is 1. The third-order valence-corrected chi connectivity index (χ3v) is 3.44. The van der Waals surface area contributed by atoms with Crippen LogP contribution < -0.4 is 4.74 Å². The van der Waals surface area contributed by atoms with Gasteiger partial charge in [-0.05, 0) is 40.3 Å². The van der Waals surface area contributed by atoms with Crippen LogP contribution in [-0.4, -0.2) is 24.7 Å². The van der Waals surface area contributed by atoms with Gasteiger partial charge in [0.05, 0.1) is 12.7 Å². The minimum absolute atomic E-state index is 0.102. The first kappa shape index (κ1) is 17.0. The molecule has 0 N–H and O–H groups in total. The molecular formula is C17H13IN2O3. The fourth-order valence-corrected chi connectivity index (χ4v) is 2.30. The molecule has 0 aliphatic carbocycles. The second-order valence-corrected chi connectivity index (χ2v) is 5.86. The minimum Gasteiger partial charge on any atom is -0.472 e. The lowest BCUT2D eigenvalue weighted by Gasteiger charge is -2.07. The molecule has 1 aromatic heterocycles. The number of benzene rings is 1. The first-order valence-electron chi connectivity index (χ1n) is 6.67. The number of nitrogens with zero attached hydrogens (tertiary/aromatic N) is 2. The molecule has 0 spiro atoms. The van der Waals surface area contributed by atoms with E-state index in [2.05, 4.69) is 32.3 Å². The van der Waals surface area contributed by atoms with Gasteiger partial charge >= 0.3 is 5.97 Å². The van der Waals surface area contributed by atoms with Gasteiger partial charge < -0.3 is 9.47 Å². The number of hydrogen-bond acceptors (Lipinski definition) is 5. The Labute approximate surface area is 147 Å². The molecule has 0 saturated carbocycles. The van der Waals surface area contributed by atoms with Crippen LogP contribution in [0.2, 0.25) is 0 Å². The molecule has 0 aliphatic heterocycles. The molecule has 0 aliphatic rings. The fraction of sp³-hybridized carbons (Fsp3) is 0.118. The molecular weight excluding hydrogens is 407 g/mol. The molecule has 2 aromatic rings.